The van der Waals surface area contributed by atoms with Crippen molar-refractivity contribution >= 4 is 32.7 Å². The Kier molecular flexibility index (Phi) is 3.23. The molecule has 1 heterocycles. The molecule has 0 saturated carbocycles. The van der Waals surface area contributed by atoms with Crippen molar-refractivity contribution in [2.24, 2.45) is 0 Å². The Morgan fingerprint density at radius 3 is 2.70 bits per heavy atom. The molecule has 0 spiro atoms. The Morgan fingerprint density at radius 2 is 1.90 bits per heavy atom. The third kappa shape index (κ3) is 2.42. The van der Waals surface area contributed by atoms with E-state index in [-0.39, 0.29) is 5.75 Å². The molecule has 0 aliphatic heterocycles. The van der Waals surface area contributed by atoms with Crippen LogP contribution in [0, 0.1) is 0 Å². The molecule has 1 N–H and O–H groups in total. The van der Waals surface area contributed by atoms with E-state index < -0.39 is 10.0 Å². The molecule has 0 aliphatic carbocycles. The number of benzene rings is 2. The van der Waals surface area contributed by atoms with Gasteiger partial charge in [0, 0.05) is 5.02 Å². The predicted molar refractivity (Wildman–Crippen MR) is 78.0 cm³/mol. The van der Waals surface area contributed by atoms with Crippen LogP contribution in [0.2, 0.25) is 5.02 Å². The second-order valence-electron chi connectivity index (χ2n) is 4.47. The average Bonchev–Trinajstić information content (AvgIpc) is 2.82. The minimum atomic E-state index is -3.49. The lowest BCUT2D eigenvalue weighted by Gasteiger charge is -2.02. The fraction of sp³-hybridized carbons (Fsp3) is 0.0714. The molecule has 2 aromatic carbocycles. The van der Waals surface area contributed by atoms with E-state index in [0.717, 1.165) is 5.52 Å². The van der Waals surface area contributed by atoms with Gasteiger partial charge in [0.1, 0.15) is 5.75 Å². The summed E-state index contributed by atoms with van der Waals surface area (Å²) in [4.78, 5) is 2.95. The van der Waals surface area contributed by atoms with Crippen LogP contribution in [0.25, 0.3) is 11.0 Å². The Bertz CT molecular complexity index is 872. The second-order valence-corrected chi connectivity index (χ2v) is 6.75. The molecule has 0 atom stereocenters. The first-order valence-electron chi connectivity index (χ1n) is 6.02. The Morgan fingerprint density at radius 1 is 1.10 bits per heavy atom. The first kappa shape index (κ1) is 13.1. The van der Waals surface area contributed by atoms with Crippen LogP contribution in [0.1, 0.15) is 5.56 Å². The normalized spacial score (nSPS) is 11.8. The highest BCUT2D eigenvalue weighted by Crippen LogP contribution is 2.14. The molecule has 0 saturated heterocycles. The van der Waals surface area contributed by atoms with E-state index >= 15 is 0 Å². The second kappa shape index (κ2) is 4.92. The summed E-state index contributed by atoms with van der Waals surface area (Å²) in [5.41, 5.74) is 2.08. The monoisotopic (exact) mass is 307 g/mol. The Labute approximate surface area is 121 Å². The average molecular weight is 308 g/mol. The lowest BCUT2D eigenvalue weighted by molar-refractivity contribution is -0.481. The highest BCUT2D eigenvalue weighted by Gasteiger charge is 2.23. The van der Waals surface area contributed by atoms with Gasteiger partial charge >= 0.3 is 10.0 Å². The number of rotatable bonds is 3. The molecule has 6 heteroatoms. The molecule has 0 unspecified atom stereocenters. The topological polar surface area (TPSA) is 53.8 Å². The fourth-order valence-corrected chi connectivity index (χ4v) is 3.75. The standard InChI is InChI=1S/C14H11ClN2O2S/c15-12-5-3-4-11(8-12)9-20(18,19)17-10-16-13-6-1-2-7-14(13)17/h1-8,10H,9H2/p+1. The van der Waals surface area contributed by atoms with E-state index in [2.05, 4.69) is 4.98 Å². The van der Waals surface area contributed by atoms with Crippen molar-refractivity contribution in [3.63, 3.8) is 0 Å². The quantitative estimate of drug-likeness (QED) is 0.756. The number of nitrogens with one attached hydrogen (secondary N) is 1. The zero-order valence-corrected chi connectivity index (χ0v) is 12.0. The number of aromatic nitrogens is 2. The summed E-state index contributed by atoms with van der Waals surface area (Å²) in [6.45, 7) is 0. The van der Waals surface area contributed by atoms with Crippen LogP contribution in [0.5, 0.6) is 0 Å². The lowest BCUT2D eigenvalue weighted by atomic mass is 10.2. The van der Waals surface area contributed by atoms with Crippen LogP contribution in [0.3, 0.4) is 0 Å². The smallest absolute Gasteiger partial charge is 0.242 e. The van der Waals surface area contributed by atoms with Crippen molar-refractivity contribution in [2.75, 3.05) is 0 Å². The molecular formula is C14H12ClN2O2S+. The number of halogens is 1. The number of H-pyrrole nitrogens is 1. The van der Waals surface area contributed by atoms with Gasteiger partial charge in [0.05, 0.1) is 0 Å². The van der Waals surface area contributed by atoms with Crippen molar-refractivity contribution < 1.29 is 12.4 Å². The van der Waals surface area contributed by atoms with Crippen LogP contribution in [-0.2, 0) is 15.8 Å². The van der Waals surface area contributed by atoms with Gasteiger partial charge in [-0.1, -0.05) is 35.9 Å². The van der Waals surface area contributed by atoms with Crippen molar-refractivity contribution in [2.45, 2.75) is 5.75 Å². The molecule has 4 nitrogen and oxygen atoms in total. The highest BCUT2D eigenvalue weighted by atomic mass is 35.5. The van der Waals surface area contributed by atoms with Gasteiger partial charge in [-0.15, -0.1) is 3.97 Å². The molecule has 20 heavy (non-hydrogen) atoms. The van der Waals surface area contributed by atoms with E-state index in [9.17, 15) is 8.42 Å². The zero-order chi connectivity index (χ0) is 14.2. The molecule has 0 amide bonds. The molecule has 3 aromatic rings. The van der Waals surface area contributed by atoms with Crippen molar-refractivity contribution in [3.8, 4) is 0 Å². The molecular weight excluding hydrogens is 296 g/mol. The number of para-hydroxylation sites is 2. The Balaban J connectivity index is 2.04. The minimum Gasteiger partial charge on any atom is -0.242 e. The summed E-state index contributed by atoms with van der Waals surface area (Å²) in [5, 5.41) is 0.529. The van der Waals surface area contributed by atoms with Gasteiger partial charge in [0.15, 0.2) is 11.0 Å². The van der Waals surface area contributed by atoms with E-state index in [1.165, 1.54) is 10.3 Å². The maximum Gasteiger partial charge on any atom is 0.309 e. The summed E-state index contributed by atoms with van der Waals surface area (Å²) in [7, 11) is -3.49. The van der Waals surface area contributed by atoms with Gasteiger partial charge in [-0.2, -0.15) is 8.42 Å². The van der Waals surface area contributed by atoms with Gasteiger partial charge in [-0.3, -0.25) is 0 Å². The molecule has 1 aromatic heterocycles. The molecule has 0 radical (unpaired) electrons. The van der Waals surface area contributed by atoms with Crippen LogP contribution >= 0.6 is 11.6 Å². The lowest BCUT2D eigenvalue weighted by Crippen LogP contribution is -2.42. The first-order valence-corrected chi connectivity index (χ1v) is 8.00. The van der Waals surface area contributed by atoms with Gasteiger partial charge in [0.25, 0.3) is 6.33 Å². The molecule has 0 aliphatic rings. The summed E-state index contributed by atoms with van der Waals surface area (Å²) < 4.78 is 26.2. The van der Waals surface area contributed by atoms with E-state index in [1.807, 2.05) is 18.2 Å². The van der Waals surface area contributed by atoms with Crippen LogP contribution < -0.4 is 3.97 Å². The van der Waals surface area contributed by atoms with Gasteiger partial charge < -0.3 is 0 Å². The number of aromatic amines is 1. The largest absolute Gasteiger partial charge is 0.309 e. The summed E-state index contributed by atoms with van der Waals surface area (Å²) in [6, 6.07) is 14.1. The van der Waals surface area contributed by atoms with Gasteiger partial charge in [-0.05, 0) is 29.8 Å². The van der Waals surface area contributed by atoms with Crippen molar-refractivity contribution in [1.29, 1.82) is 0 Å². The zero-order valence-electron chi connectivity index (χ0n) is 10.5. The maximum atomic E-state index is 12.5. The highest BCUT2D eigenvalue weighted by molar-refractivity contribution is 7.84. The van der Waals surface area contributed by atoms with Crippen LogP contribution in [-0.4, -0.2) is 13.4 Å². The van der Waals surface area contributed by atoms with Crippen LogP contribution in [0.4, 0.5) is 0 Å². The fourth-order valence-electron chi connectivity index (χ4n) is 2.12. The molecule has 102 valence electrons. The third-order valence-corrected chi connectivity index (χ3v) is 4.85. The number of hydrogen-bond acceptors (Lipinski definition) is 2. The van der Waals surface area contributed by atoms with E-state index in [4.69, 9.17) is 11.6 Å². The maximum absolute atomic E-state index is 12.5. The van der Waals surface area contributed by atoms with E-state index in [1.54, 1.807) is 30.3 Å². The van der Waals surface area contributed by atoms with E-state index in [0.29, 0.717) is 16.1 Å². The van der Waals surface area contributed by atoms with Gasteiger partial charge in [0.2, 0.25) is 0 Å². The van der Waals surface area contributed by atoms with Gasteiger partial charge in [-0.25, -0.2) is 4.98 Å². The summed E-state index contributed by atoms with van der Waals surface area (Å²) >= 11 is 5.89. The van der Waals surface area contributed by atoms with Crippen molar-refractivity contribution in [3.05, 3.63) is 65.4 Å². The first-order chi connectivity index (χ1) is 9.56. The molecule has 0 fully saturated rings. The summed E-state index contributed by atoms with van der Waals surface area (Å²) in [5.74, 6) is -0.0971. The number of nitrogens with zero attached hydrogens (tertiary/aromatic N) is 1. The number of imidazole rings is 1. The Hall–Kier alpha value is -1.85. The van der Waals surface area contributed by atoms with Crippen LogP contribution in [0.15, 0.2) is 54.9 Å². The molecule has 0 bridgehead atoms. The minimum absolute atomic E-state index is 0.0971. The number of fused-ring (bicyclic) bond motifs is 1. The number of hydrogen-bond donors (Lipinski definition) is 1. The third-order valence-electron chi connectivity index (χ3n) is 3.02. The van der Waals surface area contributed by atoms with Crippen molar-refractivity contribution in [1.82, 2.24) is 4.98 Å². The SMILES string of the molecule is O=S(=O)(Cc1cccc(Cl)c1)[n+]1c[nH]c2ccccc21. The summed E-state index contributed by atoms with van der Waals surface area (Å²) in [6.07, 6.45) is 1.46. The predicted octanol–water partition coefficient (Wildman–Crippen LogP) is 2.49. The molecule has 3 rings (SSSR count).